The second-order valence-corrected chi connectivity index (χ2v) is 8.80. The Hall–Kier alpha value is -2.38. The first kappa shape index (κ1) is 18.6. The first-order valence-corrected chi connectivity index (χ1v) is 11.0. The molecule has 150 valence electrons. The highest BCUT2D eigenvalue weighted by Gasteiger charge is 2.50. The Morgan fingerprint density at radius 3 is 2.62 bits per heavy atom. The summed E-state index contributed by atoms with van der Waals surface area (Å²) < 4.78 is 14.6. The molecule has 2 aromatic carbocycles. The van der Waals surface area contributed by atoms with Gasteiger partial charge in [0.25, 0.3) is 7.05 Å². The van der Waals surface area contributed by atoms with E-state index < -0.39 is 0 Å². The van der Waals surface area contributed by atoms with Crippen LogP contribution in [0.25, 0.3) is 16.0 Å². The van der Waals surface area contributed by atoms with Crippen molar-refractivity contribution < 1.29 is 4.39 Å². The number of benzene rings is 2. The zero-order valence-corrected chi connectivity index (χ0v) is 17.2. The largest absolute Gasteiger partial charge is 0.371 e. The van der Waals surface area contributed by atoms with Crippen molar-refractivity contribution >= 4 is 5.69 Å². The monoisotopic (exact) mass is 390 g/mol. The summed E-state index contributed by atoms with van der Waals surface area (Å²) in [5.74, 6) is 0.458. The first-order valence-electron chi connectivity index (χ1n) is 11.0. The van der Waals surface area contributed by atoms with Crippen LogP contribution in [0.1, 0.15) is 43.2 Å². The fraction of sp³-hybridized carbons (Fsp3) is 0.480. The lowest BCUT2D eigenvalue weighted by Crippen LogP contribution is -2.38. The summed E-state index contributed by atoms with van der Waals surface area (Å²) in [6.45, 7) is 4.44. The fourth-order valence-corrected chi connectivity index (χ4v) is 5.19. The molecule has 0 spiro atoms. The van der Waals surface area contributed by atoms with Gasteiger partial charge in [0.1, 0.15) is 11.4 Å². The van der Waals surface area contributed by atoms with Gasteiger partial charge in [-0.15, -0.1) is 0 Å². The van der Waals surface area contributed by atoms with Crippen molar-refractivity contribution in [3.05, 3.63) is 58.2 Å². The topological polar surface area (TPSA) is 19.6 Å². The number of anilines is 1. The summed E-state index contributed by atoms with van der Waals surface area (Å²) >= 11 is 0. The second kappa shape index (κ2) is 7.46. The molecule has 2 aliphatic heterocycles. The Kier molecular flexibility index (Phi) is 4.80. The van der Waals surface area contributed by atoms with Crippen molar-refractivity contribution in [3.8, 4) is 17.2 Å². The van der Waals surface area contributed by atoms with Crippen molar-refractivity contribution in [2.45, 2.75) is 37.5 Å². The van der Waals surface area contributed by atoms with E-state index in [4.69, 9.17) is 0 Å². The lowest BCUT2D eigenvalue weighted by atomic mass is 9.77. The maximum Gasteiger partial charge on any atom is 0.313 e. The van der Waals surface area contributed by atoms with Crippen molar-refractivity contribution in [3.63, 3.8) is 0 Å². The van der Waals surface area contributed by atoms with E-state index in [1.54, 1.807) is 19.2 Å². The van der Waals surface area contributed by atoms with E-state index >= 15 is 0 Å². The molecular formula is C25H29FN3+. The summed E-state index contributed by atoms with van der Waals surface area (Å²) in [6.07, 6.45) is 6.36. The van der Waals surface area contributed by atoms with E-state index in [1.807, 2.05) is 6.07 Å². The Balaban J connectivity index is 1.56. The van der Waals surface area contributed by atoms with Crippen molar-refractivity contribution in [2.75, 3.05) is 38.1 Å². The zero-order valence-electron chi connectivity index (χ0n) is 17.2. The molecule has 1 aliphatic carbocycles. The quantitative estimate of drug-likeness (QED) is 0.789. The molecule has 0 aromatic heterocycles. The van der Waals surface area contributed by atoms with Gasteiger partial charge in [0.05, 0.1) is 0 Å². The number of hydrogen-bond donors (Lipinski definition) is 1. The molecule has 0 radical (unpaired) electrons. The summed E-state index contributed by atoms with van der Waals surface area (Å²) in [4.78, 5) is 6.25. The summed E-state index contributed by atoms with van der Waals surface area (Å²) in [6, 6.07) is 15.2. The highest BCUT2D eigenvalue weighted by Crippen LogP contribution is 2.56. The number of nitrogens with one attached hydrogen (secondary N) is 1. The molecule has 4 heteroatoms. The van der Waals surface area contributed by atoms with Gasteiger partial charge in [0, 0.05) is 24.3 Å². The first-order chi connectivity index (χ1) is 14.2. The van der Waals surface area contributed by atoms with Crippen molar-refractivity contribution in [2.24, 2.45) is 5.92 Å². The van der Waals surface area contributed by atoms with E-state index in [1.165, 1.54) is 43.4 Å². The normalized spacial score (nSPS) is 22.4. The van der Waals surface area contributed by atoms with Crippen LogP contribution in [0.2, 0.25) is 0 Å². The molecule has 2 saturated heterocycles. The van der Waals surface area contributed by atoms with Crippen LogP contribution in [-0.2, 0) is 5.41 Å². The number of piperidine rings is 1. The zero-order chi connectivity index (χ0) is 19.8. The molecule has 1 N–H and O–H groups in total. The summed E-state index contributed by atoms with van der Waals surface area (Å²) in [7, 11) is 1.62. The van der Waals surface area contributed by atoms with Crippen LogP contribution < -0.4 is 10.2 Å². The van der Waals surface area contributed by atoms with Crippen molar-refractivity contribution in [1.82, 2.24) is 5.32 Å². The fourth-order valence-electron chi connectivity index (χ4n) is 5.19. The minimum Gasteiger partial charge on any atom is -0.371 e. The van der Waals surface area contributed by atoms with Crippen LogP contribution in [-0.4, -0.2) is 33.2 Å². The standard InChI is InChI=1S/C25H29FN3/c1-27-16-19-6-5-18(14-23(19)26)22-15-20(7-8-24(22)29-12-3-13-29)25(9-10-25)21-4-2-11-28-17-21/h5-8,14-15,21,28H,2-4,9-13,17H2,1H3/q+1/t21-/m1/s1. The predicted molar refractivity (Wildman–Crippen MR) is 117 cm³/mol. The molecule has 0 bridgehead atoms. The SMILES string of the molecule is C[N+]#Cc1ccc(-c2cc(C3([C@@H]4CCCNC4)CC3)ccc2N2CCC2)cc1F. The molecule has 3 aliphatic rings. The lowest BCUT2D eigenvalue weighted by Gasteiger charge is -2.36. The molecule has 5 rings (SSSR count). The van der Waals surface area contributed by atoms with Gasteiger partial charge in [-0.05, 0) is 91.9 Å². The molecule has 0 amide bonds. The van der Waals surface area contributed by atoms with Gasteiger partial charge < -0.3 is 10.2 Å². The van der Waals surface area contributed by atoms with Crippen LogP contribution in [0.4, 0.5) is 10.1 Å². The molecule has 3 nitrogen and oxygen atoms in total. The third-order valence-electron chi connectivity index (χ3n) is 7.15. The van der Waals surface area contributed by atoms with Crippen LogP contribution in [0.5, 0.6) is 0 Å². The Bertz CT molecular complexity index is 973. The Morgan fingerprint density at radius 2 is 2.00 bits per heavy atom. The summed E-state index contributed by atoms with van der Waals surface area (Å²) in [5, 5.41) is 3.60. The number of nitrogens with zero attached hydrogens (tertiary/aromatic N) is 2. The molecule has 1 atom stereocenters. The Morgan fingerprint density at radius 1 is 1.14 bits per heavy atom. The minimum atomic E-state index is -0.259. The van der Waals surface area contributed by atoms with Crippen LogP contribution in [0, 0.1) is 17.8 Å². The van der Waals surface area contributed by atoms with E-state index in [0.717, 1.165) is 37.3 Å². The van der Waals surface area contributed by atoms with Crippen molar-refractivity contribution in [1.29, 1.82) is 0 Å². The van der Waals surface area contributed by atoms with Gasteiger partial charge >= 0.3 is 6.07 Å². The van der Waals surface area contributed by atoms with Crippen LogP contribution >= 0.6 is 0 Å². The third kappa shape index (κ3) is 3.32. The highest BCUT2D eigenvalue weighted by atomic mass is 19.1. The van der Waals surface area contributed by atoms with Gasteiger partial charge in [-0.2, -0.15) is 0 Å². The Labute approximate surface area is 172 Å². The third-order valence-corrected chi connectivity index (χ3v) is 7.15. The lowest BCUT2D eigenvalue weighted by molar-refractivity contribution is 0.307. The van der Waals surface area contributed by atoms with Gasteiger partial charge in [-0.1, -0.05) is 17.0 Å². The van der Waals surface area contributed by atoms with Gasteiger partial charge in [0.2, 0.25) is 0 Å². The number of rotatable bonds is 4. The van der Waals surface area contributed by atoms with E-state index in [2.05, 4.69) is 39.3 Å². The molecule has 3 fully saturated rings. The average molecular weight is 391 g/mol. The van der Waals surface area contributed by atoms with Crippen LogP contribution in [0.15, 0.2) is 36.4 Å². The number of hydrogen-bond acceptors (Lipinski definition) is 2. The summed E-state index contributed by atoms with van der Waals surface area (Å²) in [5.41, 5.74) is 5.53. The van der Waals surface area contributed by atoms with Gasteiger partial charge in [-0.25, -0.2) is 4.39 Å². The molecule has 0 unspecified atom stereocenters. The molecule has 29 heavy (non-hydrogen) atoms. The van der Waals surface area contributed by atoms with E-state index in [9.17, 15) is 4.39 Å². The van der Waals surface area contributed by atoms with E-state index in [0.29, 0.717) is 16.9 Å². The van der Waals surface area contributed by atoms with E-state index in [-0.39, 0.29) is 5.82 Å². The minimum absolute atomic E-state index is 0.259. The predicted octanol–water partition coefficient (Wildman–Crippen LogP) is 5.04. The average Bonchev–Trinajstić information content (AvgIpc) is 3.51. The molecule has 2 heterocycles. The number of halogens is 1. The van der Waals surface area contributed by atoms with Gasteiger partial charge in [0.15, 0.2) is 0 Å². The van der Waals surface area contributed by atoms with Crippen LogP contribution in [0.3, 0.4) is 0 Å². The smallest absolute Gasteiger partial charge is 0.313 e. The highest BCUT2D eigenvalue weighted by molar-refractivity contribution is 5.80. The molecule has 1 saturated carbocycles. The van der Waals surface area contributed by atoms with Gasteiger partial charge in [-0.3, -0.25) is 0 Å². The maximum atomic E-state index is 14.6. The second-order valence-electron chi connectivity index (χ2n) is 8.80. The molecular weight excluding hydrogens is 361 g/mol. The maximum absolute atomic E-state index is 14.6. The molecule has 2 aromatic rings.